The van der Waals surface area contributed by atoms with Crippen molar-refractivity contribution >= 4 is 11.9 Å². The van der Waals surface area contributed by atoms with Crippen molar-refractivity contribution in [3.63, 3.8) is 0 Å². The van der Waals surface area contributed by atoms with Crippen LogP contribution in [0.25, 0.3) is 0 Å². The lowest BCUT2D eigenvalue weighted by atomic mass is 10.1. The molecular formula is C15H15FN4O. The summed E-state index contributed by atoms with van der Waals surface area (Å²) in [6, 6.07) is 5.99. The Hall–Kier alpha value is -2.50. The highest BCUT2D eigenvalue weighted by Gasteiger charge is 2.22. The van der Waals surface area contributed by atoms with Crippen molar-refractivity contribution in [2.45, 2.75) is 19.4 Å². The number of anilines is 1. The van der Waals surface area contributed by atoms with Gasteiger partial charge in [-0.1, -0.05) is 12.1 Å². The Morgan fingerprint density at radius 2 is 2.10 bits per heavy atom. The third-order valence-corrected chi connectivity index (χ3v) is 3.59. The van der Waals surface area contributed by atoms with E-state index in [1.54, 1.807) is 23.2 Å². The monoisotopic (exact) mass is 286 g/mol. The number of rotatable bonds is 2. The standard InChI is InChI=1S/C15H15FN4O/c16-12-3-1-10(2-4-12)7-14(21)20-6-5-11-8-18-15(17)19-13(11)9-20/h1-4,8H,5-7,9H2,(H2,17,18,19). The lowest BCUT2D eigenvalue weighted by molar-refractivity contribution is -0.131. The maximum Gasteiger partial charge on any atom is 0.227 e. The second-order valence-electron chi connectivity index (χ2n) is 5.07. The molecule has 1 aliphatic heterocycles. The zero-order valence-electron chi connectivity index (χ0n) is 11.4. The molecule has 5 nitrogen and oxygen atoms in total. The second-order valence-corrected chi connectivity index (χ2v) is 5.07. The Bertz CT molecular complexity index is 672. The number of benzene rings is 1. The number of carbonyl (C=O) groups excluding carboxylic acids is 1. The summed E-state index contributed by atoms with van der Waals surface area (Å²) < 4.78 is 12.9. The van der Waals surface area contributed by atoms with Crippen LogP contribution < -0.4 is 5.73 Å². The van der Waals surface area contributed by atoms with Gasteiger partial charge in [0.1, 0.15) is 5.82 Å². The number of amides is 1. The molecule has 0 bridgehead atoms. The van der Waals surface area contributed by atoms with E-state index in [0.29, 0.717) is 13.1 Å². The highest BCUT2D eigenvalue weighted by molar-refractivity contribution is 5.79. The molecule has 0 atom stereocenters. The van der Waals surface area contributed by atoms with Crippen LogP contribution in [0.15, 0.2) is 30.5 Å². The Labute approximate surface area is 121 Å². The van der Waals surface area contributed by atoms with E-state index in [0.717, 1.165) is 23.2 Å². The first kappa shape index (κ1) is 13.5. The molecule has 2 N–H and O–H groups in total. The molecule has 0 aliphatic carbocycles. The number of hydrogen-bond donors (Lipinski definition) is 1. The van der Waals surface area contributed by atoms with Gasteiger partial charge in [-0.05, 0) is 29.7 Å². The minimum Gasteiger partial charge on any atom is -0.368 e. The van der Waals surface area contributed by atoms with E-state index in [2.05, 4.69) is 9.97 Å². The molecule has 2 aromatic rings. The van der Waals surface area contributed by atoms with Crippen LogP contribution in [0.5, 0.6) is 0 Å². The van der Waals surface area contributed by atoms with Gasteiger partial charge in [0.05, 0.1) is 18.7 Å². The molecule has 6 heteroatoms. The van der Waals surface area contributed by atoms with Gasteiger partial charge in [0.15, 0.2) is 0 Å². The molecule has 0 saturated heterocycles. The van der Waals surface area contributed by atoms with Gasteiger partial charge in [-0.15, -0.1) is 0 Å². The van der Waals surface area contributed by atoms with Gasteiger partial charge in [0.2, 0.25) is 11.9 Å². The summed E-state index contributed by atoms with van der Waals surface area (Å²) >= 11 is 0. The predicted molar refractivity (Wildman–Crippen MR) is 75.7 cm³/mol. The van der Waals surface area contributed by atoms with Crippen LogP contribution in [-0.4, -0.2) is 27.3 Å². The Kier molecular flexibility index (Phi) is 3.51. The third kappa shape index (κ3) is 2.99. The minimum atomic E-state index is -0.301. The molecule has 1 aromatic carbocycles. The summed E-state index contributed by atoms with van der Waals surface area (Å²) in [5, 5.41) is 0. The normalized spacial score (nSPS) is 13.9. The lowest BCUT2D eigenvalue weighted by Gasteiger charge is -2.28. The largest absolute Gasteiger partial charge is 0.368 e. The molecule has 21 heavy (non-hydrogen) atoms. The van der Waals surface area contributed by atoms with Crippen LogP contribution in [0.2, 0.25) is 0 Å². The fourth-order valence-electron chi connectivity index (χ4n) is 2.42. The summed E-state index contributed by atoms with van der Waals surface area (Å²) in [7, 11) is 0. The summed E-state index contributed by atoms with van der Waals surface area (Å²) in [6.45, 7) is 1.09. The van der Waals surface area contributed by atoms with Crippen molar-refractivity contribution in [2.75, 3.05) is 12.3 Å². The zero-order chi connectivity index (χ0) is 14.8. The zero-order valence-corrected chi connectivity index (χ0v) is 11.4. The van der Waals surface area contributed by atoms with Crippen LogP contribution in [0.3, 0.4) is 0 Å². The second kappa shape index (κ2) is 5.47. The van der Waals surface area contributed by atoms with Gasteiger partial charge in [-0.25, -0.2) is 14.4 Å². The summed E-state index contributed by atoms with van der Waals surface area (Å²) in [4.78, 5) is 22.2. The van der Waals surface area contributed by atoms with E-state index in [1.807, 2.05) is 0 Å². The highest BCUT2D eigenvalue weighted by atomic mass is 19.1. The van der Waals surface area contributed by atoms with E-state index in [4.69, 9.17) is 5.73 Å². The van der Waals surface area contributed by atoms with Crippen LogP contribution in [0.1, 0.15) is 16.8 Å². The van der Waals surface area contributed by atoms with E-state index < -0.39 is 0 Å². The van der Waals surface area contributed by atoms with Crippen molar-refractivity contribution in [2.24, 2.45) is 0 Å². The van der Waals surface area contributed by atoms with Gasteiger partial charge in [-0.3, -0.25) is 4.79 Å². The average Bonchev–Trinajstić information content (AvgIpc) is 2.48. The molecule has 0 radical (unpaired) electrons. The highest BCUT2D eigenvalue weighted by Crippen LogP contribution is 2.18. The van der Waals surface area contributed by atoms with Crippen LogP contribution in [-0.2, 0) is 24.2 Å². The smallest absolute Gasteiger partial charge is 0.227 e. The average molecular weight is 286 g/mol. The number of hydrogen-bond acceptors (Lipinski definition) is 4. The van der Waals surface area contributed by atoms with Gasteiger partial charge >= 0.3 is 0 Å². The van der Waals surface area contributed by atoms with E-state index in [1.165, 1.54) is 12.1 Å². The molecule has 2 heterocycles. The number of fused-ring (bicyclic) bond motifs is 1. The van der Waals surface area contributed by atoms with Crippen molar-refractivity contribution in [3.8, 4) is 0 Å². The molecule has 1 aromatic heterocycles. The predicted octanol–water partition coefficient (Wildman–Crippen LogP) is 1.33. The molecule has 3 rings (SSSR count). The number of halogens is 1. The quantitative estimate of drug-likeness (QED) is 0.904. The first-order valence-electron chi connectivity index (χ1n) is 6.74. The molecule has 0 unspecified atom stereocenters. The number of aromatic nitrogens is 2. The fourth-order valence-corrected chi connectivity index (χ4v) is 2.42. The maximum absolute atomic E-state index is 12.9. The third-order valence-electron chi connectivity index (χ3n) is 3.59. The molecular weight excluding hydrogens is 271 g/mol. The van der Waals surface area contributed by atoms with Crippen molar-refractivity contribution < 1.29 is 9.18 Å². The summed E-state index contributed by atoms with van der Waals surface area (Å²) in [5.74, 6) is -0.0729. The Balaban J connectivity index is 1.70. The number of nitrogen functional groups attached to an aromatic ring is 1. The van der Waals surface area contributed by atoms with Crippen molar-refractivity contribution in [3.05, 3.63) is 53.1 Å². The van der Waals surface area contributed by atoms with Gasteiger partial charge in [0, 0.05) is 12.7 Å². The number of nitrogens with zero attached hydrogens (tertiary/aromatic N) is 3. The first-order valence-corrected chi connectivity index (χ1v) is 6.74. The van der Waals surface area contributed by atoms with E-state index in [-0.39, 0.29) is 24.1 Å². The SMILES string of the molecule is Nc1ncc2c(n1)CN(C(=O)Cc1ccc(F)cc1)CC2. The number of nitrogens with two attached hydrogens (primary N) is 1. The van der Waals surface area contributed by atoms with E-state index in [9.17, 15) is 9.18 Å². The Morgan fingerprint density at radius 1 is 1.33 bits per heavy atom. The minimum absolute atomic E-state index is 0.00411. The first-order chi connectivity index (χ1) is 10.1. The van der Waals surface area contributed by atoms with Crippen LogP contribution >= 0.6 is 0 Å². The van der Waals surface area contributed by atoms with Crippen LogP contribution in [0.4, 0.5) is 10.3 Å². The molecule has 0 saturated carbocycles. The fraction of sp³-hybridized carbons (Fsp3) is 0.267. The molecule has 0 spiro atoms. The van der Waals surface area contributed by atoms with Gasteiger partial charge < -0.3 is 10.6 Å². The molecule has 1 aliphatic rings. The molecule has 0 fully saturated rings. The molecule has 1 amide bonds. The summed E-state index contributed by atoms with van der Waals surface area (Å²) in [6.07, 6.45) is 2.71. The van der Waals surface area contributed by atoms with Crippen LogP contribution in [0, 0.1) is 5.82 Å². The van der Waals surface area contributed by atoms with Crippen molar-refractivity contribution in [1.29, 1.82) is 0 Å². The van der Waals surface area contributed by atoms with Gasteiger partial charge in [-0.2, -0.15) is 0 Å². The van der Waals surface area contributed by atoms with Crippen molar-refractivity contribution in [1.82, 2.24) is 14.9 Å². The maximum atomic E-state index is 12.9. The lowest BCUT2D eigenvalue weighted by Crippen LogP contribution is -2.37. The Morgan fingerprint density at radius 3 is 2.86 bits per heavy atom. The summed E-state index contributed by atoms with van der Waals surface area (Å²) in [5.41, 5.74) is 8.22. The topological polar surface area (TPSA) is 72.1 Å². The number of carbonyl (C=O) groups is 1. The van der Waals surface area contributed by atoms with E-state index >= 15 is 0 Å². The molecule has 108 valence electrons. The van der Waals surface area contributed by atoms with Gasteiger partial charge in [0.25, 0.3) is 0 Å².